The van der Waals surface area contributed by atoms with E-state index in [2.05, 4.69) is 0 Å². The van der Waals surface area contributed by atoms with Crippen molar-refractivity contribution in [2.45, 2.75) is 38.6 Å². The molecule has 0 saturated carbocycles. The summed E-state index contributed by atoms with van der Waals surface area (Å²) in [7, 11) is 0. The first-order valence-electron chi connectivity index (χ1n) is 10.2. The van der Waals surface area contributed by atoms with Gasteiger partial charge in [-0.15, -0.1) is 11.3 Å². The molecule has 2 N–H and O–H groups in total. The molecule has 0 atom stereocenters. The van der Waals surface area contributed by atoms with Crippen molar-refractivity contribution in [1.29, 1.82) is 0 Å². The molecule has 168 valence electrons. The molecule has 4 nitrogen and oxygen atoms in total. The lowest BCUT2D eigenvalue weighted by molar-refractivity contribution is -0.133. The number of benzene rings is 2. The maximum absolute atomic E-state index is 13.6. The van der Waals surface area contributed by atoms with E-state index in [4.69, 9.17) is 10.5 Å². The number of nitrogens with zero attached hydrogens (tertiary/aromatic N) is 1. The van der Waals surface area contributed by atoms with Crippen LogP contribution < -0.4 is 15.4 Å². The number of hydrogen-bond donors (Lipinski definition) is 1. The lowest BCUT2D eigenvalue weighted by Crippen LogP contribution is -2.50. The van der Waals surface area contributed by atoms with E-state index in [-0.39, 0.29) is 18.1 Å². The van der Waals surface area contributed by atoms with Crippen LogP contribution in [0.15, 0.2) is 54.6 Å². The molecule has 0 bridgehead atoms. The Bertz CT molecular complexity index is 1130. The molecule has 4 rings (SSSR count). The highest BCUT2D eigenvalue weighted by atomic mass is 32.1. The number of anilines is 1. The number of ether oxygens (including phenoxy) is 1. The second-order valence-electron chi connectivity index (χ2n) is 8.33. The van der Waals surface area contributed by atoms with Gasteiger partial charge in [0, 0.05) is 22.7 Å². The van der Waals surface area contributed by atoms with Crippen LogP contribution in [-0.4, -0.2) is 18.0 Å². The molecule has 0 radical (unpaired) electrons. The second kappa shape index (κ2) is 8.26. The van der Waals surface area contributed by atoms with Gasteiger partial charge < -0.3 is 15.4 Å². The van der Waals surface area contributed by atoms with Crippen molar-refractivity contribution in [3.8, 4) is 16.9 Å². The fourth-order valence-electron chi connectivity index (χ4n) is 3.74. The number of fused-ring (bicyclic) bond motifs is 1. The SMILES string of the molecule is CC(C)(N)C(=O)N1CCc2cc(OCc3cc(-c4ccccc4)c(C(F)(F)F)s3)ccc21. The van der Waals surface area contributed by atoms with Crippen molar-refractivity contribution in [1.82, 2.24) is 0 Å². The molecule has 32 heavy (non-hydrogen) atoms. The van der Waals surface area contributed by atoms with Crippen molar-refractivity contribution in [2.24, 2.45) is 5.73 Å². The molecular weight excluding hydrogens is 437 g/mol. The minimum Gasteiger partial charge on any atom is -0.488 e. The largest absolute Gasteiger partial charge is 0.488 e. The summed E-state index contributed by atoms with van der Waals surface area (Å²) in [5.41, 5.74) is 7.41. The van der Waals surface area contributed by atoms with Gasteiger partial charge in [0.2, 0.25) is 5.91 Å². The quantitative estimate of drug-likeness (QED) is 0.536. The molecule has 8 heteroatoms. The minimum absolute atomic E-state index is 0.0256. The normalized spacial score (nSPS) is 13.9. The summed E-state index contributed by atoms with van der Waals surface area (Å²) in [6.07, 6.45) is -3.77. The van der Waals surface area contributed by atoms with Crippen LogP contribution >= 0.6 is 11.3 Å². The summed E-state index contributed by atoms with van der Waals surface area (Å²) >= 11 is 0.696. The number of nitrogens with two attached hydrogens (primary N) is 1. The van der Waals surface area contributed by atoms with E-state index >= 15 is 0 Å². The Hall–Kier alpha value is -2.84. The van der Waals surface area contributed by atoms with Gasteiger partial charge >= 0.3 is 6.18 Å². The van der Waals surface area contributed by atoms with Crippen LogP contribution in [0.2, 0.25) is 0 Å². The molecule has 0 saturated heterocycles. The van der Waals surface area contributed by atoms with Crippen LogP contribution in [-0.2, 0) is 24.0 Å². The lowest BCUT2D eigenvalue weighted by atomic mass is 10.1. The van der Waals surface area contributed by atoms with Gasteiger partial charge in [0.1, 0.15) is 17.2 Å². The molecule has 0 aliphatic carbocycles. The van der Waals surface area contributed by atoms with Crippen molar-refractivity contribution < 1.29 is 22.7 Å². The van der Waals surface area contributed by atoms with Crippen molar-refractivity contribution in [2.75, 3.05) is 11.4 Å². The average molecular weight is 461 g/mol. The number of thiophene rings is 1. The standard InChI is InChI=1S/C24H23F3N2O2S/c1-23(2,28)22(30)29-11-10-16-12-17(8-9-20(16)29)31-14-18-13-19(15-6-4-3-5-7-15)21(32-18)24(25,26)27/h3-9,12-13H,10-11,14,28H2,1-2H3. The fourth-order valence-corrected chi connectivity index (χ4v) is 4.70. The average Bonchev–Trinajstić information content (AvgIpc) is 3.35. The van der Waals surface area contributed by atoms with Gasteiger partial charge in [0.15, 0.2) is 0 Å². The molecule has 0 unspecified atom stereocenters. The number of halogens is 3. The molecular formula is C24H23F3N2O2S. The van der Waals surface area contributed by atoms with Crippen molar-refractivity contribution >= 4 is 22.9 Å². The van der Waals surface area contributed by atoms with Gasteiger partial charge in [-0.05, 0) is 55.7 Å². The maximum Gasteiger partial charge on any atom is 0.426 e. The number of rotatable bonds is 5. The molecule has 1 amide bonds. The Morgan fingerprint density at radius 1 is 1.12 bits per heavy atom. The Kier molecular flexibility index (Phi) is 5.77. The molecule has 3 aromatic rings. The molecule has 1 aromatic heterocycles. The predicted octanol–water partition coefficient (Wildman–Crippen LogP) is 5.64. The molecule has 2 aromatic carbocycles. The van der Waals surface area contributed by atoms with E-state index in [9.17, 15) is 18.0 Å². The van der Waals surface area contributed by atoms with Crippen LogP contribution in [0, 0.1) is 0 Å². The van der Waals surface area contributed by atoms with E-state index in [1.807, 2.05) is 6.07 Å². The summed E-state index contributed by atoms with van der Waals surface area (Å²) in [6, 6.07) is 15.4. The summed E-state index contributed by atoms with van der Waals surface area (Å²) in [4.78, 5) is 14.1. The third-order valence-corrected chi connectivity index (χ3v) is 6.40. The highest BCUT2D eigenvalue weighted by molar-refractivity contribution is 7.12. The van der Waals surface area contributed by atoms with Gasteiger partial charge in [-0.3, -0.25) is 4.79 Å². The first kappa shape index (κ1) is 22.4. The Balaban J connectivity index is 1.53. The topological polar surface area (TPSA) is 55.6 Å². The highest BCUT2D eigenvalue weighted by Crippen LogP contribution is 2.43. The van der Waals surface area contributed by atoms with Gasteiger partial charge in [0.05, 0.1) is 5.54 Å². The molecule has 1 aliphatic rings. The summed E-state index contributed by atoms with van der Waals surface area (Å²) in [6.45, 7) is 3.91. The maximum atomic E-state index is 13.6. The van der Waals surface area contributed by atoms with Crippen molar-refractivity contribution in [3.63, 3.8) is 0 Å². The predicted molar refractivity (Wildman–Crippen MR) is 120 cm³/mol. The molecule has 0 spiro atoms. The van der Waals surface area contributed by atoms with E-state index in [0.29, 0.717) is 40.5 Å². The van der Waals surface area contributed by atoms with Gasteiger partial charge in [0.25, 0.3) is 0 Å². The number of carbonyl (C=O) groups excluding carboxylic acids is 1. The second-order valence-corrected chi connectivity index (χ2v) is 9.46. The molecule has 2 heterocycles. The zero-order chi connectivity index (χ0) is 23.1. The van der Waals surface area contributed by atoms with Crippen LogP contribution in [0.1, 0.15) is 29.2 Å². The van der Waals surface area contributed by atoms with E-state index in [0.717, 1.165) is 11.3 Å². The van der Waals surface area contributed by atoms with Crippen molar-refractivity contribution in [3.05, 3.63) is 69.9 Å². The number of amides is 1. The number of alkyl halides is 3. The first-order chi connectivity index (χ1) is 15.0. The van der Waals surface area contributed by atoms with Gasteiger partial charge in [-0.2, -0.15) is 13.2 Å². The lowest BCUT2D eigenvalue weighted by Gasteiger charge is -2.26. The number of hydrogen-bond acceptors (Lipinski definition) is 4. The third kappa shape index (κ3) is 4.52. The van der Waals surface area contributed by atoms with E-state index in [1.165, 1.54) is 0 Å². The summed E-state index contributed by atoms with van der Waals surface area (Å²) < 4.78 is 46.5. The summed E-state index contributed by atoms with van der Waals surface area (Å²) in [5, 5.41) is 0. The Labute approximate surface area is 188 Å². The zero-order valence-electron chi connectivity index (χ0n) is 17.7. The fraction of sp³-hybridized carbons (Fsp3) is 0.292. The first-order valence-corrected chi connectivity index (χ1v) is 11.0. The number of carbonyl (C=O) groups is 1. The van der Waals surface area contributed by atoms with E-state index < -0.39 is 16.6 Å². The summed E-state index contributed by atoms with van der Waals surface area (Å²) in [5.74, 6) is 0.393. The van der Waals surface area contributed by atoms with E-state index in [1.54, 1.807) is 67.3 Å². The Morgan fingerprint density at radius 2 is 1.84 bits per heavy atom. The Morgan fingerprint density at radius 3 is 2.50 bits per heavy atom. The molecule has 1 aliphatic heterocycles. The van der Waals surface area contributed by atoms with Crippen LogP contribution in [0.5, 0.6) is 5.75 Å². The zero-order valence-corrected chi connectivity index (χ0v) is 18.5. The van der Waals surface area contributed by atoms with Gasteiger partial charge in [-0.1, -0.05) is 30.3 Å². The third-order valence-electron chi connectivity index (χ3n) is 5.25. The smallest absolute Gasteiger partial charge is 0.426 e. The van der Waals surface area contributed by atoms with Gasteiger partial charge in [-0.25, -0.2) is 0 Å². The monoisotopic (exact) mass is 460 g/mol. The molecule has 0 fully saturated rings. The van der Waals surface area contributed by atoms with Crippen LogP contribution in [0.25, 0.3) is 11.1 Å². The van der Waals surface area contributed by atoms with Crippen LogP contribution in [0.3, 0.4) is 0 Å². The highest BCUT2D eigenvalue weighted by Gasteiger charge is 2.36. The minimum atomic E-state index is -4.44. The van der Waals surface area contributed by atoms with Crippen LogP contribution in [0.4, 0.5) is 18.9 Å².